The number of carbonyl (C=O) groups excluding carboxylic acids is 1. The fourth-order valence-corrected chi connectivity index (χ4v) is 2.53. The predicted octanol–water partition coefficient (Wildman–Crippen LogP) is 1.58. The normalized spacial score (nSPS) is 10.7. The van der Waals surface area contributed by atoms with Gasteiger partial charge in [-0.2, -0.15) is 0 Å². The van der Waals surface area contributed by atoms with Crippen LogP contribution in [0.15, 0.2) is 36.9 Å². The summed E-state index contributed by atoms with van der Waals surface area (Å²) in [4.78, 5) is 28.0. The van der Waals surface area contributed by atoms with E-state index < -0.39 is 0 Å². The fourth-order valence-electron chi connectivity index (χ4n) is 2.53. The molecule has 7 heteroatoms. The van der Waals surface area contributed by atoms with Crippen LogP contribution in [0.5, 0.6) is 0 Å². The van der Waals surface area contributed by atoms with Gasteiger partial charge in [-0.05, 0) is 26.0 Å². The SMILES string of the molecule is Cc1cc(C(=O)NCCc2ncc[nH]2)c(C)n1-c1ncccn1. The van der Waals surface area contributed by atoms with Crippen LogP contribution >= 0.6 is 0 Å². The van der Waals surface area contributed by atoms with Gasteiger partial charge in [0.1, 0.15) is 5.82 Å². The molecule has 0 fully saturated rings. The first-order valence-electron chi connectivity index (χ1n) is 7.39. The largest absolute Gasteiger partial charge is 0.352 e. The van der Waals surface area contributed by atoms with Crippen LogP contribution in [0.4, 0.5) is 0 Å². The zero-order chi connectivity index (χ0) is 16.2. The molecule has 0 atom stereocenters. The van der Waals surface area contributed by atoms with Gasteiger partial charge in [0.05, 0.1) is 5.56 Å². The number of nitrogens with zero attached hydrogens (tertiary/aromatic N) is 4. The van der Waals surface area contributed by atoms with E-state index in [1.165, 1.54) is 0 Å². The minimum Gasteiger partial charge on any atom is -0.352 e. The molecule has 7 nitrogen and oxygen atoms in total. The van der Waals surface area contributed by atoms with Crippen molar-refractivity contribution >= 4 is 5.91 Å². The maximum Gasteiger partial charge on any atom is 0.253 e. The van der Waals surface area contributed by atoms with E-state index in [2.05, 4.69) is 25.3 Å². The zero-order valence-corrected chi connectivity index (χ0v) is 13.1. The molecule has 0 aliphatic heterocycles. The van der Waals surface area contributed by atoms with Crippen LogP contribution in [0.25, 0.3) is 5.95 Å². The highest BCUT2D eigenvalue weighted by molar-refractivity contribution is 5.95. The fraction of sp³-hybridized carbons (Fsp3) is 0.250. The first-order valence-corrected chi connectivity index (χ1v) is 7.39. The van der Waals surface area contributed by atoms with E-state index in [9.17, 15) is 4.79 Å². The van der Waals surface area contributed by atoms with Crippen molar-refractivity contribution in [2.75, 3.05) is 6.54 Å². The van der Waals surface area contributed by atoms with Crippen LogP contribution in [0.3, 0.4) is 0 Å². The maximum atomic E-state index is 12.4. The Morgan fingerprint density at radius 3 is 2.70 bits per heavy atom. The number of carbonyl (C=O) groups is 1. The van der Waals surface area contributed by atoms with E-state index in [0.29, 0.717) is 24.5 Å². The van der Waals surface area contributed by atoms with Crippen molar-refractivity contribution in [1.82, 2.24) is 29.8 Å². The Bertz CT molecular complexity index is 792. The summed E-state index contributed by atoms with van der Waals surface area (Å²) in [5, 5.41) is 2.92. The molecule has 0 saturated carbocycles. The summed E-state index contributed by atoms with van der Waals surface area (Å²) >= 11 is 0. The average molecular weight is 310 g/mol. The standard InChI is InChI=1S/C16H18N6O/c1-11-10-13(12(2)22(11)16-20-5-3-6-21-16)15(23)19-7-4-14-17-8-9-18-14/h3,5-6,8-10H,4,7H2,1-2H3,(H,17,18)(H,19,23). The lowest BCUT2D eigenvalue weighted by molar-refractivity contribution is 0.0953. The summed E-state index contributed by atoms with van der Waals surface area (Å²) in [7, 11) is 0. The summed E-state index contributed by atoms with van der Waals surface area (Å²) in [6, 6.07) is 3.62. The number of aromatic amines is 1. The molecule has 0 saturated heterocycles. The van der Waals surface area contributed by atoms with Crippen LogP contribution < -0.4 is 5.32 Å². The van der Waals surface area contributed by atoms with E-state index in [-0.39, 0.29) is 5.91 Å². The molecular formula is C16H18N6O. The molecule has 2 N–H and O–H groups in total. The molecule has 0 aliphatic carbocycles. The molecule has 0 aromatic carbocycles. The average Bonchev–Trinajstić information content (AvgIpc) is 3.16. The molecule has 0 unspecified atom stereocenters. The van der Waals surface area contributed by atoms with Gasteiger partial charge in [0.2, 0.25) is 5.95 Å². The number of imidazole rings is 1. The highest BCUT2D eigenvalue weighted by Crippen LogP contribution is 2.18. The van der Waals surface area contributed by atoms with E-state index in [1.807, 2.05) is 24.5 Å². The Labute approximate surface area is 133 Å². The number of nitrogens with one attached hydrogen (secondary N) is 2. The second-order valence-corrected chi connectivity index (χ2v) is 5.21. The van der Waals surface area contributed by atoms with E-state index in [4.69, 9.17) is 0 Å². The number of hydrogen-bond acceptors (Lipinski definition) is 4. The first-order chi connectivity index (χ1) is 11.2. The third-order valence-corrected chi connectivity index (χ3v) is 3.63. The van der Waals surface area contributed by atoms with Crippen LogP contribution in [0.1, 0.15) is 27.6 Å². The van der Waals surface area contributed by atoms with Crippen molar-refractivity contribution in [3.8, 4) is 5.95 Å². The molecule has 3 aromatic heterocycles. The Hall–Kier alpha value is -2.96. The molecule has 3 heterocycles. The molecular weight excluding hydrogens is 292 g/mol. The number of hydrogen-bond donors (Lipinski definition) is 2. The lowest BCUT2D eigenvalue weighted by atomic mass is 10.2. The van der Waals surface area contributed by atoms with Crippen LogP contribution in [-0.2, 0) is 6.42 Å². The second kappa shape index (κ2) is 6.43. The highest BCUT2D eigenvalue weighted by Gasteiger charge is 2.17. The molecule has 0 spiro atoms. The Morgan fingerprint density at radius 1 is 1.22 bits per heavy atom. The summed E-state index contributed by atoms with van der Waals surface area (Å²) in [5.74, 6) is 1.32. The molecule has 3 rings (SSSR count). The van der Waals surface area contributed by atoms with Crippen molar-refractivity contribution in [2.45, 2.75) is 20.3 Å². The van der Waals surface area contributed by atoms with Gasteiger partial charge < -0.3 is 10.3 Å². The molecule has 0 radical (unpaired) electrons. The van der Waals surface area contributed by atoms with Crippen LogP contribution in [0.2, 0.25) is 0 Å². The summed E-state index contributed by atoms with van der Waals surface area (Å²) in [5.41, 5.74) is 2.38. The van der Waals surface area contributed by atoms with E-state index >= 15 is 0 Å². The predicted molar refractivity (Wildman–Crippen MR) is 85.5 cm³/mol. The number of aromatic nitrogens is 5. The summed E-state index contributed by atoms with van der Waals surface area (Å²) in [6.07, 6.45) is 7.50. The highest BCUT2D eigenvalue weighted by atomic mass is 16.1. The second-order valence-electron chi connectivity index (χ2n) is 5.21. The van der Waals surface area contributed by atoms with Crippen molar-refractivity contribution in [3.63, 3.8) is 0 Å². The van der Waals surface area contributed by atoms with Crippen molar-refractivity contribution in [3.05, 3.63) is 59.7 Å². The van der Waals surface area contributed by atoms with Crippen molar-refractivity contribution < 1.29 is 4.79 Å². The molecule has 0 aliphatic rings. The number of rotatable bonds is 5. The van der Waals surface area contributed by atoms with Gasteiger partial charge >= 0.3 is 0 Å². The Morgan fingerprint density at radius 2 is 2.00 bits per heavy atom. The van der Waals surface area contributed by atoms with Gasteiger partial charge in [-0.3, -0.25) is 9.36 Å². The first kappa shape index (κ1) is 15.0. The maximum absolute atomic E-state index is 12.4. The minimum absolute atomic E-state index is 0.105. The lowest BCUT2D eigenvalue weighted by Crippen LogP contribution is -2.26. The van der Waals surface area contributed by atoms with E-state index in [0.717, 1.165) is 17.2 Å². The summed E-state index contributed by atoms with van der Waals surface area (Å²) in [6.45, 7) is 4.35. The smallest absolute Gasteiger partial charge is 0.253 e. The third-order valence-electron chi connectivity index (χ3n) is 3.63. The topological polar surface area (TPSA) is 88.5 Å². The van der Waals surface area contributed by atoms with Gasteiger partial charge in [-0.15, -0.1) is 0 Å². The van der Waals surface area contributed by atoms with Crippen molar-refractivity contribution in [1.29, 1.82) is 0 Å². The number of amides is 1. The van der Waals surface area contributed by atoms with Crippen LogP contribution in [0, 0.1) is 13.8 Å². The van der Waals surface area contributed by atoms with Crippen LogP contribution in [-0.4, -0.2) is 37.0 Å². The van der Waals surface area contributed by atoms with Crippen molar-refractivity contribution in [2.24, 2.45) is 0 Å². The molecule has 0 bridgehead atoms. The minimum atomic E-state index is -0.105. The lowest BCUT2D eigenvalue weighted by Gasteiger charge is -2.07. The van der Waals surface area contributed by atoms with Gasteiger partial charge in [-0.1, -0.05) is 0 Å². The zero-order valence-electron chi connectivity index (χ0n) is 13.1. The van der Waals surface area contributed by atoms with E-state index in [1.54, 1.807) is 30.9 Å². The Balaban J connectivity index is 1.74. The van der Waals surface area contributed by atoms with Gasteiger partial charge in [-0.25, -0.2) is 15.0 Å². The quantitative estimate of drug-likeness (QED) is 0.749. The molecule has 118 valence electrons. The number of aryl methyl sites for hydroxylation is 1. The number of H-pyrrole nitrogens is 1. The molecule has 1 amide bonds. The Kier molecular flexibility index (Phi) is 4.18. The third kappa shape index (κ3) is 3.13. The molecule has 3 aromatic rings. The van der Waals surface area contributed by atoms with Gasteiger partial charge in [0, 0.05) is 49.1 Å². The molecule has 23 heavy (non-hydrogen) atoms. The monoisotopic (exact) mass is 310 g/mol. The summed E-state index contributed by atoms with van der Waals surface area (Å²) < 4.78 is 1.88. The van der Waals surface area contributed by atoms with Gasteiger partial charge in [0.15, 0.2) is 0 Å². The van der Waals surface area contributed by atoms with Gasteiger partial charge in [0.25, 0.3) is 5.91 Å².